The lowest BCUT2D eigenvalue weighted by molar-refractivity contribution is 0.0642. The summed E-state index contributed by atoms with van der Waals surface area (Å²) < 4.78 is 5.82. The molecule has 0 aliphatic carbocycles. The van der Waals surface area contributed by atoms with Gasteiger partial charge >= 0.3 is 0 Å². The Bertz CT molecular complexity index is 472. The molecule has 0 radical (unpaired) electrons. The molecule has 0 bridgehead atoms. The van der Waals surface area contributed by atoms with Crippen LogP contribution in [0, 0.1) is 6.92 Å². The number of aliphatic hydroxyl groups is 1. The Kier molecular flexibility index (Phi) is 4.24. The molecule has 2 aliphatic heterocycles. The number of ether oxygens (including phenoxy) is 1. The largest absolute Gasteiger partial charge is 0.493 e. The van der Waals surface area contributed by atoms with Gasteiger partial charge < -0.3 is 15.2 Å². The summed E-state index contributed by atoms with van der Waals surface area (Å²) >= 11 is 1.85. The topological polar surface area (TPSA) is 41.5 Å². The molecule has 2 unspecified atom stereocenters. The van der Waals surface area contributed by atoms with Gasteiger partial charge in [-0.05, 0) is 38.0 Å². The number of thioether (sulfide) groups is 1. The molecular formula is C16H23NO2S. The van der Waals surface area contributed by atoms with Crippen LogP contribution in [0.4, 0.5) is 0 Å². The van der Waals surface area contributed by atoms with Gasteiger partial charge in [0.25, 0.3) is 0 Å². The molecule has 1 saturated heterocycles. The molecule has 3 nitrogen and oxygen atoms in total. The van der Waals surface area contributed by atoms with Crippen LogP contribution in [0.1, 0.15) is 36.4 Å². The molecule has 1 aromatic rings. The van der Waals surface area contributed by atoms with Crippen LogP contribution in [-0.4, -0.2) is 35.4 Å². The van der Waals surface area contributed by atoms with Crippen molar-refractivity contribution in [3.05, 3.63) is 29.3 Å². The second-order valence-corrected chi connectivity index (χ2v) is 7.10. The van der Waals surface area contributed by atoms with Gasteiger partial charge in [-0.15, -0.1) is 0 Å². The van der Waals surface area contributed by atoms with Gasteiger partial charge in [0.2, 0.25) is 0 Å². The van der Waals surface area contributed by atoms with Crippen LogP contribution in [0.3, 0.4) is 0 Å². The fourth-order valence-corrected chi connectivity index (χ4v) is 4.25. The average Bonchev–Trinajstić information content (AvgIpc) is 2.76. The zero-order valence-corrected chi connectivity index (χ0v) is 12.8. The predicted octanol–water partition coefficient (Wildman–Crippen LogP) is 2.67. The lowest BCUT2D eigenvalue weighted by Crippen LogP contribution is -2.41. The van der Waals surface area contributed by atoms with Gasteiger partial charge in [-0.25, -0.2) is 0 Å². The van der Waals surface area contributed by atoms with E-state index in [1.165, 1.54) is 11.1 Å². The van der Waals surface area contributed by atoms with Crippen LogP contribution < -0.4 is 10.1 Å². The first kappa shape index (κ1) is 14.2. The van der Waals surface area contributed by atoms with Crippen molar-refractivity contribution in [2.75, 3.05) is 24.7 Å². The minimum absolute atomic E-state index is 0.294. The van der Waals surface area contributed by atoms with Crippen molar-refractivity contribution in [3.63, 3.8) is 0 Å². The maximum Gasteiger partial charge on any atom is 0.124 e. The first-order valence-corrected chi connectivity index (χ1v) is 8.59. The first-order chi connectivity index (χ1) is 9.66. The minimum atomic E-state index is -0.526. The lowest BCUT2D eigenvalue weighted by Gasteiger charge is -2.26. The van der Waals surface area contributed by atoms with E-state index < -0.39 is 5.60 Å². The van der Waals surface area contributed by atoms with Crippen molar-refractivity contribution in [2.24, 2.45) is 0 Å². The Labute approximate surface area is 125 Å². The van der Waals surface area contributed by atoms with E-state index >= 15 is 0 Å². The molecule has 2 N–H and O–H groups in total. The second-order valence-electron chi connectivity index (χ2n) is 5.99. The van der Waals surface area contributed by atoms with E-state index in [4.69, 9.17) is 4.74 Å². The van der Waals surface area contributed by atoms with Gasteiger partial charge in [-0.2, -0.15) is 11.8 Å². The number of benzene rings is 1. The summed E-state index contributed by atoms with van der Waals surface area (Å²) in [6.07, 6.45) is 3.02. The number of hydrogen-bond donors (Lipinski definition) is 2. The van der Waals surface area contributed by atoms with Gasteiger partial charge in [0.05, 0.1) is 12.2 Å². The van der Waals surface area contributed by atoms with Gasteiger partial charge in [0.1, 0.15) is 5.75 Å². The average molecular weight is 293 g/mol. The quantitative estimate of drug-likeness (QED) is 0.899. The first-order valence-electron chi connectivity index (χ1n) is 7.43. The van der Waals surface area contributed by atoms with E-state index in [-0.39, 0.29) is 0 Å². The summed E-state index contributed by atoms with van der Waals surface area (Å²) in [6, 6.07) is 6.68. The summed E-state index contributed by atoms with van der Waals surface area (Å²) in [4.78, 5) is 0. The molecule has 110 valence electrons. The van der Waals surface area contributed by atoms with Crippen LogP contribution in [0.25, 0.3) is 0 Å². The van der Waals surface area contributed by atoms with Crippen molar-refractivity contribution < 1.29 is 9.84 Å². The third kappa shape index (κ3) is 3.13. The van der Waals surface area contributed by atoms with Gasteiger partial charge in [0, 0.05) is 23.9 Å². The van der Waals surface area contributed by atoms with Gasteiger partial charge in [-0.3, -0.25) is 0 Å². The van der Waals surface area contributed by atoms with Crippen molar-refractivity contribution in [2.45, 2.75) is 37.8 Å². The normalized spacial score (nSPS) is 29.6. The highest BCUT2D eigenvalue weighted by Gasteiger charge is 2.32. The molecule has 1 aromatic carbocycles. The summed E-state index contributed by atoms with van der Waals surface area (Å²) in [5.74, 6) is 2.92. The highest BCUT2D eigenvalue weighted by Crippen LogP contribution is 2.33. The molecule has 2 atom stereocenters. The molecule has 20 heavy (non-hydrogen) atoms. The van der Waals surface area contributed by atoms with Crippen molar-refractivity contribution >= 4 is 11.8 Å². The van der Waals surface area contributed by atoms with Gasteiger partial charge in [0.15, 0.2) is 0 Å². The molecule has 0 amide bonds. The van der Waals surface area contributed by atoms with E-state index in [9.17, 15) is 5.11 Å². The van der Waals surface area contributed by atoms with Crippen LogP contribution in [0.5, 0.6) is 5.75 Å². The maximum absolute atomic E-state index is 10.5. The van der Waals surface area contributed by atoms with Crippen molar-refractivity contribution in [1.82, 2.24) is 5.32 Å². The predicted molar refractivity (Wildman–Crippen MR) is 83.5 cm³/mol. The Balaban J connectivity index is 1.74. The molecule has 3 rings (SSSR count). The van der Waals surface area contributed by atoms with Crippen LogP contribution in [-0.2, 0) is 0 Å². The summed E-state index contributed by atoms with van der Waals surface area (Å²) in [7, 11) is 0. The van der Waals surface area contributed by atoms with Crippen molar-refractivity contribution in [3.8, 4) is 5.75 Å². The monoisotopic (exact) mass is 293 g/mol. The molecule has 0 spiro atoms. The van der Waals surface area contributed by atoms with E-state index in [2.05, 4.69) is 30.4 Å². The molecule has 0 aromatic heterocycles. The van der Waals surface area contributed by atoms with E-state index in [1.54, 1.807) is 0 Å². The summed E-state index contributed by atoms with van der Waals surface area (Å²) in [5, 5.41) is 14.1. The van der Waals surface area contributed by atoms with E-state index in [0.717, 1.165) is 43.1 Å². The van der Waals surface area contributed by atoms with E-state index in [1.807, 2.05) is 11.8 Å². The highest BCUT2D eigenvalue weighted by molar-refractivity contribution is 7.99. The molecule has 2 aliphatic rings. The number of rotatable bonds is 3. The lowest BCUT2D eigenvalue weighted by atomic mass is 9.98. The number of aryl methyl sites for hydroxylation is 1. The maximum atomic E-state index is 10.5. The third-order valence-corrected chi connectivity index (χ3v) is 5.43. The third-order valence-electron chi connectivity index (χ3n) is 4.20. The number of nitrogens with one attached hydrogen (secondary N) is 1. The molecule has 2 heterocycles. The Morgan fingerprint density at radius 2 is 2.40 bits per heavy atom. The SMILES string of the molecule is Cc1ccc2c(c1)C(NCC1(O)CCSC1)CCCO2. The fraction of sp³-hybridized carbons (Fsp3) is 0.625. The smallest absolute Gasteiger partial charge is 0.124 e. The molecular weight excluding hydrogens is 270 g/mol. The van der Waals surface area contributed by atoms with Crippen LogP contribution in [0.15, 0.2) is 18.2 Å². The second kappa shape index (κ2) is 5.96. The minimum Gasteiger partial charge on any atom is -0.493 e. The zero-order chi connectivity index (χ0) is 14.0. The highest BCUT2D eigenvalue weighted by atomic mass is 32.2. The van der Waals surface area contributed by atoms with Crippen LogP contribution >= 0.6 is 11.8 Å². The number of fused-ring (bicyclic) bond motifs is 1. The van der Waals surface area contributed by atoms with Crippen molar-refractivity contribution in [1.29, 1.82) is 0 Å². The Hall–Kier alpha value is -0.710. The summed E-state index contributed by atoms with van der Waals surface area (Å²) in [6.45, 7) is 3.58. The molecule has 0 saturated carbocycles. The standard InChI is InChI=1S/C16H23NO2S/c1-12-4-5-15-13(9-12)14(3-2-7-19-15)17-10-16(18)6-8-20-11-16/h4-5,9,14,17-18H,2-3,6-8,10-11H2,1H3. The number of hydrogen-bond acceptors (Lipinski definition) is 4. The zero-order valence-electron chi connectivity index (χ0n) is 12.0. The van der Waals surface area contributed by atoms with E-state index in [0.29, 0.717) is 12.6 Å². The molecule has 1 fully saturated rings. The van der Waals surface area contributed by atoms with Gasteiger partial charge in [-0.1, -0.05) is 17.7 Å². The Morgan fingerprint density at radius 1 is 1.50 bits per heavy atom. The van der Waals surface area contributed by atoms with Crippen LogP contribution in [0.2, 0.25) is 0 Å². The summed E-state index contributed by atoms with van der Waals surface area (Å²) in [5.41, 5.74) is 1.98. The fourth-order valence-electron chi connectivity index (χ4n) is 2.96. The Morgan fingerprint density at radius 3 is 3.20 bits per heavy atom. The molecule has 4 heteroatoms.